The number of hydrogen-bond acceptors (Lipinski definition) is 0. The zero-order valence-corrected chi connectivity index (χ0v) is 12.2. The lowest BCUT2D eigenvalue weighted by Gasteiger charge is -2.00. The summed E-state index contributed by atoms with van der Waals surface area (Å²) in [7, 11) is 0. The first-order valence-electron chi connectivity index (χ1n) is 7.47. The van der Waals surface area contributed by atoms with Crippen molar-refractivity contribution in [3.05, 3.63) is 96.3 Å². The van der Waals surface area contributed by atoms with E-state index in [9.17, 15) is 0 Å². The van der Waals surface area contributed by atoms with Gasteiger partial charge in [0, 0.05) is 24.3 Å². The van der Waals surface area contributed by atoms with Gasteiger partial charge in [-0.3, -0.25) is 0 Å². The summed E-state index contributed by atoms with van der Waals surface area (Å²) < 4.78 is 2.24. The summed E-state index contributed by atoms with van der Waals surface area (Å²) in [6.07, 6.45) is 6.45. The van der Waals surface area contributed by atoms with Gasteiger partial charge < -0.3 is 0 Å². The molecule has 0 atom stereocenters. The van der Waals surface area contributed by atoms with Gasteiger partial charge in [0.2, 0.25) is 11.2 Å². The number of pyridine rings is 2. The number of nitrogens with zero attached hydrogens (tertiary/aromatic N) is 1. The minimum atomic E-state index is 1.17. The molecule has 22 heavy (non-hydrogen) atoms. The van der Waals surface area contributed by atoms with Crippen molar-refractivity contribution in [3.8, 4) is 0 Å². The Kier molecular flexibility index (Phi) is 3.17. The van der Waals surface area contributed by atoms with Gasteiger partial charge in [-0.2, -0.15) is 4.40 Å². The molecule has 0 aliphatic rings. The molecule has 0 N–H and O–H groups in total. The summed E-state index contributed by atoms with van der Waals surface area (Å²) in [5.41, 5.74) is 3.61. The SMILES string of the molecule is C(=C\c1cccc2c3ccccc3cc[n+]12)/c1ccccc1. The summed E-state index contributed by atoms with van der Waals surface area (Å²) in [5, 5.41) is 2.55. The van der Waals surface area contributed by atoms with Gasteiger partial charge in [-0.25, -0.2) is 0 Å². The van der Waals surface area contributed by atoms with Crippen LogP contribution in [-0.4, -0.2) is 0 Å². The van der Waals surface area contributed by atoms with Crippen molar-refractivity contribution in [2.45, 2.75) is 0 Å². The molecule has 4 rings (SSSR count). The van der Waals surface area contributed by atoms with Crippen LogP contribution in [0, 0.1) is 0 Å². The highest BCUT2D eigenvalue weighted by Gasteiger charge is 2.10. The third-order valence-corrected chi connectivity index (χ3v) is 3.94. The molecule has 2 aromatic carbocycles. The third kappa shape index (κ3) is 2.27. The number of aromatic nitrogens is 1. The second kappa shape index (κ2) is 5.45. The average molecular weight is 282 g/mol. The van der Waals surface area contributed by atoms with E-state index in [1.54, 1.807) is 0 Å². The molecule has 0 fully saturated rings. The summed E-state index contributed by atoms with van der Waals surface area (Å²) in [5.74, 6) is 0. The maximum atomic E-state index is 2.24. The van der Waals surface area contributed by atoms with E-state index in [-0.39, 0.29) is 0 Å². The average Bonchev–Trinajstić information content (AvgIpc) is 2.60. The molecule has 0 saturated carbocycles. The molecule has 2 heterocycles. The maximum Gasteiger partial charge on any atom is 0.219 e. The fourth-order valence-electron chi connectivity index (χ4n) is 2.84. The lowest BCUT2D eigenvalue weighted by molar-refractivity contribution is -0.513. The fourth-order valence-corrected chi connectivity index (χ4v) is 2.84. The number of fused-ring (bicyclic) bond motifs is 3. The van der Waals surface area contributed by atoms with Gasteiger partial charge >= 0.3 is 0 Å². The van der Waals surface area contributed by atoms with Crippen molar-refractivity contribution < 1.29 is 4.40 Å². The summed E-state index contributed by atoms with van der Waals surface area (Å²) in [4.78, 5) is 0. The lowest BCUT2D eigenvalue weighted by atomic mass is 10.1. The van der Waals surface area contributed by atoms with Crippen LogP contribution in [-0.2, 0) is 0 Å². The van der Waals surface area contributed by atoms with Crippen LogP contribution >= 0.6 is 0 Å². The van der Waals surface area contributed by atoms with Crippen molar-refractivity contribution in [3.63, 3.8) is 0 Å². The van der Waals surface area contributed by atoms with Crippen molar-refractivity contribution in [1.29, 1.82) is 0 Å². The predicted octanol–water partition coefficient (Wildman–Crippen LogP) is 4.75. The third-order valence-electron chi connectivity index (χ3n) is 3.94. The first kappa shape index (κ1) is 12.8. The molecule has 0 amide bonds. The first-order valence-corrected chi connectivity index (χ1v) is 7.47. The van der Waals surface area contributed by atoms with E-state index in [4.69, 9.17) is 0 Å². The Morgan fingerprint density at radius 3 is 2.36 bits per heavy atom. The molecule has 0 aliphatic heterocycles. The molecule has 1 nitrogen and oxygen atoms in total. The predicted molar refractivity (Wildman–Crippen MR) is 92.5 cm³/mol. The van der Waals surface area contributed by atoms with Gasteiger partial charge in [0.25, 0.3) is 0 Å². The smallest absolute Gasteiger partial charge is 0.160 e. The van der Waals surface area contributed by atoms with E-state index in [2.05, 4.69) is 95.5 Å². The van der Waals surface area contributed by atoms with Gasteiger partial charge in [0.15, 0.2) is 6.20 Å². The Morgan fingerprint density at radius 2 is 1.45 bits per heavy atom. The molecule has 2 aromatic heterocycles. The van der Waals surface area contributed by atoms with Gasteiger partial charge in [0.05, 0.1) is 5.39 Å². The van der Waals surface area contributed by atoms with Crippen LogP contribution < -0.4 is 4.40 Å². The highest BCUT2D eigenvalue weighted by molar-refractivity contribution is 5.93. The Balaban J connectivity index is 1.88. The summed E-state index contributed by atoms with van der Waals surface area (Å²) in [6.45, 7) is 0. The second-order valence-corrected chi connectivity index (χ2v) is 5.35. The molecule has 0 radical (unpaired) electrons. The van der Waals surface area contributed by atoms with E-state index in [1.807, 2.05) is 6.07 Å². The largest absolute Gasteiger partial charge is 0.219 e. The van der Waals surface area contributed by atoms with Crippen molar-refractivity contribution in [2.75, 3.05) is 0 Å². The minimum Gasteiger partial charge on any atom is -0.160 e. The Morgan fingerprint density at radius 1 is 0.636 bits per heavy atom. The normalized spacial score (nSPS) is 11.5. The first-order chi connectivity index (χ1) is 10.9. The van der Waals surface area contributed by atoms with E-state index in [1.165, 1.54) is 27.5 Å². The van der Waals surface area contributed by atoms with Crippen LogP contribution in [0.5, 0.6) is 0 Å². The van der Waals surface area contributed by atoms with Gasteiger partial charge in [-0.15, -0.1) is 0 Å². The van der Waals surface area contributed by atoms with Gasteiger partial charge in [-0.05, 0) is 29.2 Å². The highest BCUT2D eigenvalue weighted by atomic mass is 14.9. The zero-order valence-electron chi connectivity index (χ0n) is 12.2. The molecular formula is C21H16N+. The molecule has 0 saturated heterocycles. The molecule has 0 unspecified atom stereocenters. The minimum absolute atomic E-state index is 1.17. The molecule has 0 aliphatic carbocycles. The van der Waals surface area contributed by atoms with Crippen LogP contribution in [0.1, 0.15) is 11.3 Å². The van der Waals surface area contributed by atoms with Gasteiger partial charge in [0.1, 0.15) is 0 Å². The highest BCUT2D eigenvalue weighted by Crippen LogP contribution is 2.17. The maximum absolute atomic E-state index is 2.24. The van der Waals surface area contributed by atoms with Crippen molar-refractivity contribution >= 4 is 28.4 Å². The van der Waals surface area contributed by atoms with Crippen LogP contribution in [0.15, 0.2) is 85.1 Å². The lowest BCUT2D eigenvalue weighted by Crippen LogP contribution is -2.25. The zero-order chi connectivity index (χ0) is 14.8. The van der Waals surface area contributed by atoms with E-state index in [0.717, 1.165) is 0 Å². The summed E-state index contributed by atoms with van der Waals surface area (Å²) >= 11 is 0. The van der Waals surface area contributed by atoms with E-state index < -0.39 is 0 Å². The quantitative estimate of drug-likeness (QED) is 0.369. The monoisotopic (exact) mass is 282 g/mol. The van der Waals surface area contributed by atoms with Crippen LogP contribution in [0.25, 0.3) is 28.4 Å². The van der Waals surface area contributed by atoms with Crippen molar-refractivity contribution in [2.24, 2.45) is 0 Å². The van der Waals surface area contributed by atoms with Crippen LogP contribution in [0.2, 0.25) is 0 Å². The standard InChI is InChI=1S/C21H16N/c1-2-7-17(8-3-1)13-14-19-10-6-12-21-20-11-5-4-9-18(20)15-16-22(19)21/h1-16H/q+1/b14-13+. The van der Waals surface area contributed by atoms with E-state index >= 15 is 0 Å². The second-order valence-electron chi connectivity index (χ2n) is 5.35. The molecule has 104 valence electrons. The van der Waals surface area contributed by atoms with Gasteiger partial charge in [-0.1, -0.05) is 48.5 Å². The number of hydrogen-bond donors (Lipinski definition) is 0. The molecule has 4 aromatic rings. The van der Waals surface area contributed by atoms with E-state index in [0.29, 0.717) is 0 Å². The molecule has 0 bridgehead atoms. The Labute approximate surface area is 129 Å². The van der Waals surface area contributed by atoms with Crippen LogP contribution in [0.4, 0.5) is 0 Å². The fraction of sp³-hybridized carbons (Fsp3) is 0. The van der Waals surface area contributed by atoms with Crippen LogP contribution in [0.3, 0.4) is 0 Å². The number of rotatable bonds is 2. The van der Waals surface area contributed by atoms with Crippen molar-refractivity contribution in [1.82, 2.24) is 0 Å². The molecule has 1 heteroatoms. The Hall–Kier alpha value is -2.93. The topological polar surface area (TPSA) is 4.10 Å². The Bertz CT molecular complexity index is 969. The molecule has 0 spiro atoms. The molecular weight excluding hydrogens is 266 g/mol. The summed E-state index contributed by atoms with van der Waals surface area (Å²) in [6, 6.07) is 27.5. The number of benzene rings is 2.